The van der Waals surface area contributed by atoms with Crippen LogP contribution in [-0.4, -0.2) is 54.6 Å². The van der Waals surface area contributed by atoms with Crippen molar-refractivity contribution in [3.8, 4) is 5.75 Å². The first-order chi connectivity index (χ1) is 16.9. The van der Waals surface area contributed by atoms with Crippen molar-refractivity contribution in [2.45, 2.75) is 6.92 Å². The number of hydrogen-bond acceptors (Lipinski definition) is 6. The highest BCUT2D eigenvalue weighted by molar-refractivity contribution is 7.80. The molecule has 0 bridgehead atoms. The van der Waals surface area contributed by atoms with E-state index in [2.05, 4.69) is 15.5 Å². The Hall–Kier alpha value is -3.14. The van der Waals surface area contributed by atoms with Gasteiger partial charge in [0.2, 0.25) is 0 Å². The van der Waals surface area contributed by atoms with Gasteiger partial charge in [-0.2, -0.15) is 0 Å². The fourth-order valence-electron chi connectivity index (χ4n) is 3.78. The van der Waals surface area contributed by atoms with Gasteiger partial charge >= 0.3 is 0 Å². The van der Waals surface area contributed by atoms with E-state index < -0.39 is 0 Å². The number of nitrogens with zero attached hydrogens (tertiary/aromatic N) is 2. The fraction of sp³-hybridized carbons (Fsp3) is 0.240. The van der Waals surface area contributed by atoms with Crippen LogP contribution in [0.1, 0.15) is 27.0 Å². The van der Waals surface area contributed by atoms with Crippen LogP contribution in [0.3, 0.4) is 0 Å². The number of hydrogen-bond donors (Lipinski definition) is 2. The van der Waals surface area contributed by atoms with Crippen molar-refractivity contribution < 1.29 is 14.3 Å². The van der Waals surface area contributed by atoms with E-state index in [4.69, 9.17) is 28.6 Å². The molecule has 2 heterocycles. The summed E-state index contributed by atoms with van der Waals surface area (Å²) >= 11 is 13.3. The number of thiocarbonyl (C=S) groups is 1. The smallest absolute Gasteiger partial charge is 0.264 e. The molecule has 3 aromatic rings. The van der Waals surface area contributed by atoms with Crippen LogP contribution < -0.4 is 20.3 Å². The fourth-order valence-corrected chi connectivity index (χ4v) is 4.98. The molecular weight excluding hydrogens is 504 g/mol. The Morgan fingerprint density at radius 2 is 1.89 bits per heavy atom. The number of halogens is 1. The standard InChI is InChI=1S/C25H25ClN4O3S2/c1-2-33-19-6-3-5-17(15-19)23(31)28-25(34)27-18-8-9-21(20(26)16-18)29-10-12-30(13-11-29)24(32)22-7-4-14-35-22/h3-9,14-16H,2,10-13H2,1H3,(H2,27,28,31,34). The number of benzene rings is 2. The molecule has 0 radical (unpaired) electrons. The van der Waals surface area contributed by atoms with Crippen molar-refractivity contribution in [2.75, 3.05) is 43.0 Å². The molecular formula is C25H25ClN4O3S2. The molecule has 0 saturated carbocycles. The molecule has 2 N–H and O–H groups in total. The number of rotatable bonds is 6. The maximum absolute atomic E-state index is 12.6. The molecule has 7 nitrogen and oxygen atoms in total. The lowest BCUT2D eigenvalue weighted by Gasteiger charge is -2.36. The van der Waals surface area contributed by atoms with Crippen LogP contribution in [0, 0.1) is 0 Å². The Labute approximate surface area is 218 Å². The first kappa shape index (κ1) is 25.0. The van der Waals surface area contributed by atoms with Gasteiger partial charge in [0, 0.05) is 37.4 Å². The van der Waals surface area contributed by atoms with Crippen molar-refractivity contribution in [1.82, 2.24) is 10.2 Å². The minimum atomic E-state index is -0.332. The monoisotopic (exact) mass is 528 g/mol. The van der Waals surface area contributed by atoms with E-state index in [1.807, 2.05) is 41.5 Å². The lowest BCUT2D eigenvalue weighted by molar-refractivity contribution is 0.0751. The number of nitrogens with one attached hydrogen (secondary N) is 2. The lowest BCUT2D eigenvalue weighted by atomic mass is 10.2. The molecule has 0 aliphatic carbocycles. The van der Waals surface area contributed by atoms with Gasteiger partial charge in [0.05, 0.1) is 22.2 Å². The lowest BCUT2D eigenvalue weighted by Crippen LogP contribution is -2.48. The molecule has 10 heteroatoms. The van der Waals surface area contributed by atoms with Crippen LogP contribution in [0.4, 0.5) is 11.4 Å². The van der Waals surface area contributed by atoms with Gasteiger partial charge in [-0.05, 0) is 67.0 Å². The second-order valence-electron chi connectivity index (χ2n) is 7.79. The molecule has 2 amide bonds. The van der Waals surface area contributed by atoms with E-state index in [1.54, 1.807) is 30.3 Å². The zero-order chi connectivity index (χ0) is 24.8. The molecule has 1 saturated heterocycles. The Morgan fingerprint density at radius 1 is 1.09 bits per heavy atom. The number of ether oxygens (including phenoxy) is 1. The van der Waals surface area contributed by atoms with Crippen molar-refractivity contribution in [1.29, 1.82) is 0 Å². The van der Waals surface area contributed by atoms with Crippen LogP contribution in [-0.2, 0) is 0 Å². The number of anilines is 2. The highest BCUT2D eigenvalue weighted by Crippen LogP contribution is 2.30. The summed E-state index contributed by atoms with van der Waals surface area (Å²) in [5.41, 5.74) is 2.01. The highest BCUT2D eigenvalue weighted by Gasteiger charge is 2.24. The first-order valence-electron chi connectivity index (χ1n) is 11.2. The van der Waals surface area contributed by atoms with Crippen molar-refractivity contribution in [3.63, 3.8) is 0 Å². The minimum Gasteiger partial charge on any atom is -0.494 e. The van der Waals surface area contributed by atoms with Crippen molar-refractivity contribution >= 4 is 63.5 Å². The SMILES string of the molecule is CCOc1cccc(C(=O)NC(=S)Nc2ccc(N3CCN(C(=O)c4cccs4)CC3)c(Cl)c2)c1. The van der Waals surface area contributed by atoms with E-state index in [1.165, 1.54) is 11.3 Å². The highest BCUT2D eigenvalue weighted by atomic mass is 35.5. The summed E-state index contributed by atoms with van der Waals surface area (Å²) in [5, 5.41) is 8.32. The number of amides is 2. The zero-order valence-corrected chi connectivity index (χ0v) is 21.5. The quantitative estimate of drug-likeness (QED) is 0.444. The van der Waals surface area contributed by atoms with Gasteiger partial charge in [-0.1, -0.05) is 23.7 Å². The predicted octanol–water partition coefficient (Wildman–Crippen LogP) is 4.89. The van der Waals surface area contributed by atoms with Crippen LogP contribution in [0.2, 0.25) is 5.02 Å². The van der Waals surface area contributed by atoms with E-state index >= 15 is 0 Å². The topological polar surface area (TPSA) is 73.9 Å². The Bertz CT molecular complexity index is 1210. The second-order valence-corrected chi connectivity index (χ2v) is 9.55. The largest absolute Gasteiger partial charge is 0.494 e. The summed E-state index contributed by atoms with van der Waals surface area (Å²) in [5.74, 6) is 0.366. The van der Waals surface area contributed by atoms with Crippen LogP contribution in [0.5, 0.6) is 5.75 Å². The number of piperazine rings is 1. The predicted molar refractivity (Wildman–Crippen MR) is 145 cm³/mol. The van der Waals surface area contributed by atoms with Gasteiger partial charge in [0.1, 0.15) is 5.75 Å². The molecule has 1 aliphatic rings. The summed E-state index contributed by atoms with van der Waals surface area (Å²) in [6.45, 7) is 5.05. The maximum atomic E-state index is 12.6. The van der Waals surface area contributed by atoms with E-state index in [0.717, 1.165) is 10.6 Å². The second kappa shape index (κ2) is 11.5. The Kier molecular flexibility index (Phi) is 8.22. The first-order valence-corrected chi connectivity index (χ1v) is 12.8. The van der Waals surface area contributed by atoms with Gasteiger partial charge < -0.3 is 19.9 Å². The molecule has 1 aromatic heterocycles. The molecule has 1 aliphatic heterocycles. The summed E-state index contributed by atoms with van der Waals surface area (Å²) in [6.07, 6.45) is 0. The van der Waals surface area contributed by atoms with Crippen LogP contribution in [0.15, 0.2) is 60.0 Å². The Morgan fingerprint density at radius 3 is 2.57 bits per heavy atom. The third-order valence-electron chi connectivity index (χ3n) is 5.48. The molecule has 1 fully saturated rings. The summed E-state index contributed by atoms with van der Waals surface area (Å²) in [6, 6.07) is 16.2. The van der Waals surface area contributed by atoms with Gasteiger partial charge in [0.15, 0.2) is 5.11 Å². The Balaban J connectivity index is 1.32. The van der Waals surface area contributed by atoms with Gasteiger partial charge in [-0.15, -0.1) is 11.3 Å². The van der Waals surface area contributed by atoms with E-state index in [0.29, 0.717) is 54.8 Å². The van der Waals surface area contributed by atoms with Gasteiger partial charge in [-0.3, -0.25) is 14.9 Å². The average molecular weight is 529 g/mol. The molecule has 35 heavy (non-hydrogen) atoms. The minimum absolute atomic E-state index is 0.0745. The number of carbonyl (C=O) groups is 2. The third-order valence-corrected chi connectivity index (χ3v) is 6.84. The molecule has 4 rings (SSSR count). The maximum Gasteiger partial charge on any atom is 0.264 e. The molecule has 0 atom stereocenters. The van der Waals surface area contributed by atoms with Gasteiger partial charge in [0.25, 0.3) is 11.8 Å². The van der Waals surface area contributed by atoms with Crippen molar-refractivity contribution in [2.24, 2.45) is 0 Å². The molecule has 0 unspecified atom stereocenters. The zero-order valence-electron chi connectivity index (χ0n) is 19.1. The number of thiophene rings is 1. The van der Waals surface area contributed by atoms with Crippen LogP contribution in [0.25, 0.3) is 0 Å². The van der Waals surface area contributed by atoms with Gasteiger partial charge in [-0.25, -0.2) is 0 Å². The third kappa shape index (κ3) is 6.30. The average Bonchev–Trinajstić information content (AvgIpc) is 3.39. The number of carbonyl (C=O) groups excluding carboxylic acids is 2. The van der Waals surface area contributed by atoms with Crippen LogP contribution >= 0.6 is 35.2 Å². The summed E-state index contributed by atoms with van der Waals surface area (Å²) in [7, 11) is 0. The molecule has 182 valence electrons. The molecule has 2 aromatic carbocycles. The normalized spacial score (nSPS) is 13.3. The molecule has 0 spiro atoms. The summed E-state index contributed by atoms with van der Waals surface area (Å²) < 4.78 is 5.44. The van der Waals surface area contributed by atoms with E-state index in [9.17, 15) is 9.59 Å². The van der Waals surface area contributed by atoms with Crippen molar-refractivity contribution in [3.05, 3.63) is 75.4 Å². The summed E-state index contributed by atoms with van der Waals surface area (Å²) in [4.78, 5) is 29.9. The van der Waals surface area contributed by atoms with E-state index in [-0.39, 0.29) is 16.9 Å².